The molecule has 0 bridgehead atoms. The lowest BCUT2D eigenvalue weighted by Crippen LogP contribution is -2.33. The molecule has 1 fully saturated rings. The van der Waals surface area contributed by atoms with Gasteiger partial charge in [-0.05, 0) is 23.9 Å². The Morgan fingerprint density at radius 1 is 1.42 bits per heavy atom. The smallest absolute Gasteiger partial charge is 0.293 e. The molecule has 1 heterocycles. The largest absolute Gasteiger partial charge is 0.329 e. The molecule has 1 aliphatic rings. The highest BCUT2D eigenvalue weighted by Crippen LogP contribution is 2.32. The molecule has 0 spiro atoms. The summed E-state index contributed by atoms with van der Waals surface area (Å²) in [5.41, 5.74) is 5.49. The third-order valence-electron chi connectivity index (χ3n) is 2.49. The van der Waals surface area contributed by atoms with Gasteiger partial charge in [-0.1, -0.05) is 23.7 Å². The maximum absolute atomic E-state index is 13.7. The number of amides is 2. The van der Waals surface area contributed by atoms with Gasteiger partial charge in [0.05, 0.1) is 9.93 Å². The average Bonchev–Trinajstić information content (AvgIpc) is 2.63. The number of hydrogen-bond donors (Lipinski definition) is 1. The van der Waals surface area contributed by atoms with Crippen molar-refractivity contribution in [1.82, 2.24) is 4.90 Å². The first kappa shape index (κ1) is 14.0. The van der Waals surface area contributed by atoms with E-state index in [1.807, 2.05) is 0 Å². The first-order valence-corrected chi connectivity index (χ1v) is 6.63. The third-order valence-corrected chi connectivity index (χ3v) is 3.69. The highest BCUT2D eigenvalue weighted by atomic mass is 35.5. The quantitative estimate of drug-likeness (QED) is 0.871. The molecule has 100 valence electrons. The number of rotatable bonds is 3. The van der Waals surface area contributed by atoms with Gasteiger partial charge in [-0.2, -0.15) is 0 Å². The number of carbonyl (C=O) groups excluding carboxylic acids is 2. The van der Waals surface area contributed by atoms with E-state index in [2.05, 4.69) is 0 Å². The first-order valence-electron chi connectivity index (χ1n) is 5.44. The molecule has 2 rings (SSSR count). The minimum absolute atomic E-state index is 0.0325. The minimum Gasteiger partial charge on any atom is -0.329 e. The van der Waals surface area contributed by atoms with Crippen molar-refractivity contribution in [2.24, 2.45) is 5.73 Å². The topological polar surface area (TPSA) is 63.4 Å². The lowest BCUT2D eigenvalue weighted by Gasteiger charge is -2.09. The van der Waals surface area contributed by atoms with E-state index in [-0.39, 0.29) is 28.6 Å². The Morgan fingerprint density at radius 2 is 2.16 bits per heavy atom. The van der Waals surface area contributed by atoms with Crippen LogP contribution in [0.25, 0.3) is 6.08 Å². The van der Waals surface area contributed by atoms with Gasteiger partial charge in [0.1, 0.15) is 5.82 Å². The molecule has 2 amide bonds. The zero-order chi connectivity index (χ0) is 14.0. The molecule has 7 heteroatoms. The third kappa shape index (κ3) is 2.80. The molecule has 0 radical (unpaired) electrons. The summed E-state index contributed by atoms with van der Waals surface area (Å²) in [6.07, 6.45) is 1.32. The zero-order valence-electron chi connectivity index (χ0n) is 9.73. The van der Waals surface area contributed by atoms with E-state index >= 15 is 0 Å². The van der Waals surface area contributed by atoms with Crippen LogP contribution in [0, 0.1) is 5.82 Å². The van der Waals surface area contributed by atoms with Gasteiger partial charge < -0.3 is 5.73 Å². The molecule has 0 aliphatic carbocycles. The second-order valence-corrected chi connectivity index (χ2v) is 5.17. The Morgan fingerprint density at radius 3 is 2.84 bits per heavy atom. The van der Waals surface area contributed by atoms with Gasteiger partial charge in [0, 0.05) is 18.7 Å². The lowest BCUT2D eigenvalue weighted by molar-refractivity contribution is -0.122. The SMILES string of the molecule is NCCN1C(=O)S/C(=C/c2cccc(Cl)c2F)C1=O. The Bertz CT molecular complexity index is 577. The van der Waals surface area contributed by atoms with Crippen LogP contribution in [0.4, 0.5) is 9.18 Å². The highest BCUT2D eigenvalue weighted by Gasteiger charge is 2.34. The monoisotopic (exact) mass is 300 g/mol. The van der Waals surface area contributed by atoms with Crippen molar-refractivity contribution in [2.75, 3.05) is 13.1 Å². The standard InChI is InChI=1S/C12H10ClFN2O2S/c13-8-3-1-2-7(10(8)14)6-9-11(17)16(5-4-15)12(18)19-9/h1-3,6H,4-5,15H2/b9-6+. The van der Waals surface area contributed by atoms with Crippen LogP contribution in [0.15, 0.2) is 23.1 Å². The molecule has 19 heavy (non-hydrogen) atoms. The molecule has 4 nitrogen and oxygen atoms in total. The highest BCUT2D eigenvalue weighted by molar-refractivity contribution is 8.18. The van der Waals surface area contributed by atoms with Crippen LogP contribution in [0.3, 0.4) is 0 Å². The Kier molecular flexibility index (Phi) is 4.24. The van der Waals surface area contributed by atoms with Crippen LogP contribution in [-0.2, 0) is 4.79 Å². The summed E-state index contributed by atoms with van der Waals surface area (Å²) in [5, 5.41) is -0.431. The maximum atomic E-state index is 13.7. The van der Waals surface area contributed by atoms with Gasteiger partial charge in [0.15, 0.2) is 0 Å². The van der Waals surface area contributed by atoms with Gasteiger partial charge in [0.25, 0.3) is 11.1 Å². The molecule has 0 aromatic heterocycles. The molecular formula is C12H10ClFN2O2S. The molecular weight excluding hydrogens is 291 g/mol. The number of nitrogens with zero attached hydrogens (tertiary/aromatic N) is 1. The zero-order valence-corrected chi connectivity index (χ0v) is 11.3. The summed E-state index contributed by atoms with van der Waals surface area (Å²) in [7, 11) is 0. The van der Waals surface area contributed by atoms with Crippen molar-refractivity contribution < 1.29 is 14.0 Å². The molecule has 1 saturated heterocycles. The number of hydrogen-bond acceptors (Lipinski definition) is 4. The normalized spacial score (nSPS) is 17.6. The fourth-order valence-electron chi connectivity index (χ4n) is 1.60. The van der Waals surface area contributed by atoms with E-state index < -0.39 is 17.0 Å². The molecule has 2 N–H and O–H groups in total. The fourth-order valence-corrected chi connectivity index (χ4v) is 2.63. The van der Waals surface area contributed by atoms with Crippen LogP contribution in [-0.4, -0.2) is 29.1 Å². The van der Waals surface area contributed by atoms with Crippen molar-refractivity contribution in [3.63, 3.8) is 0 Å². The van der Waals surface area contributed by atoms with Crippen LogP contribution < -0.4 is 5.73 Å². The first-order chi connectivity index (χ1) is 9.04. The van der Waals surface area contributed by atoms with Gasteiger partial charge in [-0.3, -0.25) is 14.5 Å². The van der Waals surface area contributed by atoms with Crippen LogP contribution in [0.5, 0.6) is 0 Å². The van der Waals surface area contributed by atoms with Crippen molar-refractivity contribution in [3.05, 3.63) is 39.5 Å². The lowest BCUT2D eigenvalue weighted by atomic mass is 10.2. The summed E-state index contributed by atoms with van der Waals surface area (Å²) < 4.78 is 13.7. The number of imide groups is 1. The van der Waals surface area contributed by atoms with E-state index in [0.717, 1.165) is 16.7 Å². The number of thioether (sulfide) groups is 1. The summed E-state index contributed by atoms with van der Waals surface area (Å²) >= 11 is 6.42. The Labute approximate surface area is 118 Å². The molecule has 1 aromatic carbocycles. The number of benzene rings is 1. The fraction of sp³-hybridized carbons (Fsp3) is 0.167. The summed E-state index contributed by atoms with van der Waals surface area (Å²) in [5.74, 6) is -1.07. The van der Waals surface area contributed by atoms with Gasteiger partial charge >= 0.3 is 0 Å². The van der Waals surface area contributed by atoms with Gasteiger partial charge in [-0.25, -0.2) is 4.39 Å². The predicted octanol–water partition coefficient (Wildman–Crippen LogP) is 2.47. The summed E-state index contributed by atoms with van der Waals surface area (Å²) in [6.45, 7) is 0.344. The van der Waals surface area contributed by atoms with E-state index in [0.29, 0.717) is 0 Å². The van der Waals surface area contributed by atoms with E-state index in [1.165, 1.54) is 18.2 Å². The van der Waals surface area contributed by atoms with Gasteiger partial charge in [-0.15, -0.1) is 0 Å². The van der Waals surface area contributed by atoms with Gasteiger partial charge in [0.2, 0.25) is 0 Å². The predicted molar refractivity (Wildman–Crippen MR) is 73.1 cm³/mol. The molecule has 0 unspecified atom stereocenters. The molecule has 0 atom stereocenters. The number of halogens is 2. The van der Waals surface area contributed by atoms with E-state index in [9.17, 15) is 14.0 Å². The number of nitrogens with two attached hydrogens (primary N) is 1. The van der Waals surface area contributed by atoms with Crippen molar-refractivity contribution >= 4 is 40.6 Å². The van der Waals surface area contributed by atoms with Crippen molar-refractivity contribution in [3.8, 4) is 0 Å². The second kappa shape index (κ2) is 5.73. The van der Waals surface area contributed by atoms with E-state index in [1.54, 1.807) is 6.07 Å². The molecule has 1 aromatic rings. The Balaban J connectivity index is 2.32. The van der Waals surface area contributed by atoms with Crippen molar-refractivity contribution in [1.29, 1.82) is 0 Å². The molecule has 0 saturated carbocycles. The molecule has 1 aliphatic heterocycles. The minimum atomic E-state index is -0.616. The number of carbonyl (C=O) groups is 2. The summed E-state index contributed by atoms with van der Waals surface area (Å²) in [6, 6.07) is 4.47. The second-order valence-electron chi connectivity index (χ2n) is 3.77. The van der Waals surface area contributed by atoms with Crippen LogP contribution >= 0.6 is 23.4 Å². The van der Waals surface area contributed by atoms with E-state index in [4.69, 9.17) is 17.3 Å². The average molecular weight is 301 g/mol. The van der Waals surface area contributed by atoms with Crippen molar-refractivity contribution in [2.45, 2.75) is 0 Å². The Hall–Kier alpha value is -1.37. The van der Waals surface area contributed by atoms with Crippen LogP contribution in [0.2, 0.25) is 5.02 Å². The summed E-state index contributed by atoms with van der Waals surface area (Å²) in [4.78, 5) is 24.7. The maximum Gasteiger partial charge on any atom is 0.293 e. The van der Waals surface area contributed by atoms with Crippen LogP contribution in [0.1, 0.15) is 5.56 Å².